The zero-order chi connectivity index (χ0) is 10.8. The van der Waals surface area contributed by atoms with Crippen LogP contribution in [0.3, 0.4) is 0 Å². The number of hydrogen-bond acceptors (Lipinski definition) is 2. The summed E-state index contributed by atoms with van der Waals surface area (Å²) in [5.41, 5.74) is 0. The van der Waals surface area contributed by atoms with Gasteiger partial charge in [-0.2, -0.15) is 0 Å². The van der Waals surface area contributed by atoms with Crippen LogP contribution in [0.15, 0.2) is 12.7 Å². The maximum Gasteiger partial charge on any atom is 0.234 e. The van der Waals surface area contributed by atoms with Crippen LogP contribution in [0.25, 0.3) is 0 Å². The van der Waals surface area contributed by atoms with Crippen molar-refractivity contribution in [2.24, 2.45) is 0 Å². The van der Waals surface area contributed by atoms with Gasteiger partial charge in [-0.1, -0.05) is 19.9 Å². The fourth-order valence-corrected chi connectivity index (χ4v) is 1.18. The third-order valence-electron chi connectivity index (χ3n) is 2.16. The minimum absolute atomic E-state index is 0.0859. The van der Waals surface area contributed by atoms with Crippen LogP contribution in [0.4, 0.5) is 0 Å². The van der Waals surface area contributed by atoms with Crippen molar-refractivity contribution in [2.45, 2.75) is 39.2 Å². The standard InChI is InChI=1S/C11H22N2O/c1-4-7-8-12-9-11(14)13-10(5-2)6-3/h4,10,12H,1,5-9H2,2-3H3,(H,13,14). The lowest BCUT2D eigenvalue weighted by atomic mass is 10.2. The van der Waals surface area contributed by atoms with Crippen LogP contribution in [0, 0.1) is 0 Å². The van der Waals surface area contributed by atoms with Gasteiger partial charge in [0, 0.05) is 6.04 Å². The van der Waals surface area contributed by atoms with Gasteiger partial charge in [0.25, 0.3) is 0 Å². The molecular weight excluding hydrogens is 176 g/mol. The van der Waals surface area contributed by atoms with Crippen molar-refractivity contribution in [3.05, 3.63) is 12.7 Å². The summed E-state index contributed by atoms with van der Waals surface area (Å²) < 4.78 is 0. The second kappa shape index (κ2) is 8.75. The van der Waals surface area contributed by atoms with Crippen molar-refractivity contribution < 1.29 is 4.79 Å². The molecule has 0 aromatic carbocycles. The van der Waals surface area contributed by atoms with E-state index in [1.807, 2.05) is 6.08 Å². The largest absolute Gasteiger partial charge is 0.352 e. The summed E-state index contributed by atoms with van der Waals surface area (Å²) in [6.07, 6.45) is 4.73. The van der Waals surface area contributed by atoms with Crippen LogP contribution in [0.2, 0.25) is 0 Å². The predicted molar refractivity (Wildman–Crippen MR) is 60.2 cm³/mol. The molecule has 82 valence electrons. The van der Waals surface area contributed by atoms with Crippen molar-refractivity contribution >= 4 is 5.91 Å². The van der Waals surface area contributed by atoms with Crippen LogP contribution in [-0.4, -0.2) is 25.0 Å². The van der Waals surface area contributed by atoms with Crippen molar-refractivity contribution in [3.63, 3.8) is 0 Å². The fraction of sp³-hybridized carbons (Fsp3) is 0.727. The second-order valence-electron chi connectivity index (χ2n) is 3.34. The lowest BCUT2D eigenvalue weighted by molar-refractivity contribution is -0.121. The highest BCUT2D eigenvalue weighted by molar-refractivity contribution is 5.78. The number of hydrogen-bond donors (Lipinski definition) is 2. The van der Waals surface area contributed by atoms with Crippen molar-refractivity contribution in [2.75, 3.05) is 13.1 Å². The molecule has 3 nitrogen and oxygen atoms in total. The molecule has 0 fully saturated rings. The quantitative estimate of drug-likeness (QED) is 0.458. The van der Waals surface area contributed by atoms with Gasteiger partial charge in [-0.15, -0.1) is 6.58 Å². The van der Waals surface area contributed by atoms with E-state index in [0.717, 1.165) is 25.8 Å². The first-order valence-electron chi connectivity index (χ1n) is 5.35. The Balaban J connectivity index is 3.48. The molecule has 2 N–H and O–H groups in total. The molecule has 0 aliphatic heterocycles. The van der Waals surface area contributed by atoms with Gasteiger partial charge in [-0.3, -0.25) is 4.79 Å². The predicted octanol–water partition coefficient (Wildman–Crippen LogP) is 1.46. The Morgan fingerprint density at radius 1 is 1.43 bits per heavy atom. The monoisotopic (exact) mass is 198 g/mol. The number of rotatable bonds is 8. The van der Waals surface area contributed by atoms with Gasteiger partial charge in [-0.25, -0.2) is 0 Å². The molecule has 14 heavy (non-hydrogen) atoms. The first-order chi connectivity index (χ1) is 6.74. The number of nitrogens with one attached hydrogen (secondary N) is 2. The van der Waals surface area contributed by atoms with E-state index in [1.165, 1.54) is 0 Å². The summed E-state index contributed by atoms with van der Waals surface area (Å²) >= 11 is 0. The maximum absolute atomic E-state index is 11.3. The van der Waals surface area contributed by atoms with E-state index >= 15 is 0 Å². The molecular formula is C11H22N2O. The van der Waals surface area contributed by atoms with Gasteiger partial charge in [0.1, 0.15) is 0 Å². The lowest BCUT2D eigenvalue weighted by Crippen LogP contribution is -2.40. The molecule has 0 atom stereocenters. The molecule has 0 unspecified atom stereocenters. The molecule has 0 aromatic heterocycles. The summed E-state index contributed by atoms with van der Waals surface area (Å²) in [6, 6.07) is 0.323. The fourth-order valence-electron chi connectivity index (χ4n) is 1.18. The molecule has 0 aliphatic rings. The smallest absolute Gasteiger partial charge is 0.234 e. The maximum atomic E-state index is 11.3. The first-order valence-corrected chi connectivity index (χ1v) is 5.35. The van der Waals surface area contributed by atoms with Crippen LogP contribution in [-0.2, 0) is 4.79 Å². The number of carbonyl (C=O) groups excluding carboxylic acids is 1. The molecule has 0 radical (unpaired) electrons. The van der Waals surface area contributed by atoms with E-state index in [4.69, 9.17) is 0 Å². The van der Waals surface area contributed by atoms with Crippen molar-refractivity contribution in [1.29, 1.82) is 0 Å². The third-order valence-corrected chi connectivity index (χ3v) is 2.16. The average molecular weight is 198 g/mol. The Labute approximate surface area is 87.0 Å². The minimum atomic E-state index is 0.0859. The summed E-state index contributed by atoms with van der Waals surface area (Å²) in [5, 5.41) is 6.02. The molecule has 3 heteroatoms. The van der Waals surface area contributed by atoms with Gasteiger partial charge in [0.15, 0.2) is 0 Å². The Hall–Kier alpha value is -0.830. The van der Waals surface area contributed by atoms with Crippen molar-refractivity contribution in [3.8, 4) is 0 Å². The van der Waals surface area contributed by atoms with Crippen LogP contribution in [0.5, 0.6) is 0 Å². The van der Waals surface area contributed by atoms with Gasteiger partial charge in [0.2, 0.25) is 5.91 Å². The molecule has 0 aliphatic carbocycles. The summed E-state index contributed by atoms with van der Waals surface area (Å²) in [7, 11) is 0. The molecule has 0 heterocycles. The zero-order valence-electron chi connectivity index (χ0n) is 9.31. The summed E-state index contributed by atoms with van der Waals surface area (Å²) in [5.74, 6) is 0.0859. The number of carbonyl (C=O) groups is 1. The minimum Gasteiger partial charge on any atom is -0.352 e. The Bertz CT molecular complexity index is 165. The first kappa shape index (κ1) is 13.2. The van der Waals surface area contributed by atoms with Gasteiger partial charge in [-0.05, 0) is 25.8 Å². The van der Waals surface area contributed by atoms with E-state index in [9.17, 15) is 4.79 Å². The highest BCUT2D eigenvalue weighted by Crippen LogP contribution is 1.94. The molecule has 0 bridgehead atoms. The summed E-state index contributed by atoms with van der Waals surface area (Å²) in [6.45, 7) is 9.00. The molecule has 0 aromatic rings. The van der Waals surface area contributed by atoms with E-state index < -0.39 is 0 Å². The van der Waals surface area contributed by atoms with Crippen LogP contribution in [0.1, 0.15) is 33.1 Å². The Morgan fingerprint density at radius 3 is 2.57 bits per heavy atom. The number of amides is 1. The highest BCUT2D eigenvalue weighted by Gasteiger charge is 2.06. The van der Waals surface area contributed by atoms with Crippen LogP contribution >= 0.6 is 0 Å². The molecule has 0 saturated carbocycles. The summed E-state index contributed by atoms with van der Waals surface area (Å²) in [4.78, 5) is 11.3. The molecule has 0 saturated heterocycles. The molecule has 1 amide bonds. The highest BCUT2D eigenvalue weighted by atomic mass is 16.1. The Kier molecular flexibility index (Phi) is 8.24. The van der Waals surface area contributed by atoms with Gasteiger partial charge >= 0.3 is 0 Å². The zero-order valence-corrected chi connectivity index (χ0v) is 9.31. The van der Waals surface area contributed by atoms with Crippen LogP contribution < -0.4 is 10.6 Å². The van der Waals surface area contributed by atoms with Gasteiger partial charge in [0.05, 0.1) is 6.54 Å². The molecule has 0 spiro atoms. The normalized spacial score (nSPS) is 10.2. The second-order valence-corrected chi connectivity index (χ2v) is 3.34. The van der Waals surface area contributed by atoms with E-state index in [-0.39, 0.29) is 5.91 Å². The van der Waals surface area contributed by atoms with E-state index in [2.05, 4.69) is 31.1 Å². The van der Waals surface area contributed by atoms with Gasteiger partial charge < -0.3 is 10.6 Å². The average Bonchev–Trinajstić information content (AvgIpc) is 2.21. The topological polar surface area (TPSA) is 41.1 Å². The Morgan fingerprint density at radius 2 is 2.07 bits per heavy atom. The SMILES string of the molecule is C=CCCNCC(=O)NC(CC)CC. The third kappa shape index (κ3) is 6.66. The van der Waals surface area contributed by atoms with E-state index in [1.54, 1.807) is 0 Å². The van der Waals surface area contributed by atoms with E-state index in [0.29, 0.717) is 12.6 Å². The van der Waals surface area contributed by atoms with Crippen molar-refractivity contribution in [1.82, 2.24) is 10.6 Å². The molecule has 0 rings (SSSR count). The lowest BCUT2D eigenvalue weighted by Gasteiger charge is -2.14.